The van der Waals surface area contributed by atoms with Crippen LogP contribution in [0.15, 0.2) is 24.3 Å². The lowest BCUT2D eigenvalue weighted by molar-refractivity contribution is -0.109. The van der Waals surface area contributed by atoms with Gasteiger partial charge in [0.2, 0.25) is 0 Å². The van der Waals surface area contributed by atoms with Gasteiger partial charge < -0.3 is 5.11 Å². The van der Waals surface area contributed by atoms with E-state index in [4.69, 9.17) is 16.7 Å². The lowest BCUT2D eigenvalue weighted by atomic mass is 10.1. The second kappa shape index (κ2) is 6.47. The molecule has 5 heteroatoms. The molecule has 0 saturated carbocycles. The third-order valence-corrected chi connectivity index (χ3v) is 3.01. The minimum Gasteiger partial charge on any atom is -0.478 e. The molecule has 3 nitrogen and oxygen atoms in total. The maximum Gasteiger partial charge on any atom is 0.337 e. The fraction of sp³-hybridized carbons (Fsp3) is 0.167. The van der Waals surface area contributed by atoms with Gasteiger partial charge in [0.15, 0.2) is 5.12 Å². The molecule has 0 amide bonds. The molecule has 0 radical (unpaired) electrons. The Kier molecular flexibility index (Phi) is 5.25. The van der Waals surface area contributed by atoms with Crippen LogP contribution in [0.3, 0.4) is 0 Å². The minimum absolute atomic E-state index is 0.0528. The number of halogens is 1. The molecule has 0 spiro atoms. The van der Waals surface area contributed by atoms with Crippen molar-refractivity contribution in [1.82, 2.24) is 0 Å². The number of carboxylic acids is 1. The van der Waals surface area contributed by atoms with Crippen LogP contribution in [0.25, 0.3) is 6.08 Å². The van der Waals surface area contributed by atoms with Crippen molar-refractivity contribution >= 4 is 40.5 Å². The van der Waals surface area contributed by atoms with Crippen LogP contribution in [-0.2, 0) is 4.79 Å². The van der Waals surface area contributed by atoms with Gasteiger partial charge in [-0.05, 0) is 17.7 Å². The van der Waals surface area contributed by atoms with E-state index in [1.54, 1.807) is 24.3 Å². The fourth-order valence-corrected chi connectivity index (χ4v) is 1.79. The number of aromatic carboxylic acids is 1. The Morgan fingerprint density at radius 3 is 2.76 bits per heavy atom. The first-order valence-electron chi connectivity index (χ1n) is 4.83. The Labute approximate surface area is 108 Å². The second-order valence-corrected chi connectivity index (χ2v) is 4.85. The van der Waals surface area contributed by atoms with E-state index in [1.807, 2.05) is 0 Å². The molecule has 0 fully saturated rings. The highest BCUT2D eigenvalue weighted by atomic mass is 35.5. The summed E-state index contributed by atoms with van der Waals surface area (Å²) >= 11 is 6.94. The van der Waals surface area contributed by atoms with Crippen molar-refractivity contribution in [1.29, 1.82) is 0 Å². The normalized spacial score (nSPS) is 10.7. The highest BCUT2D eigenvalue weighted by molar-refractivity contribution is 8.13. The summed E-state index contributed by atoms with van der Waals surface area (Å²) < 4.78 is 0. The topological polar surface area (TPSA) is 54.4 Å². The zero-order chi connectivity index (χ0) is 12.8. The molecule has 0 bridgehead atoms. The summed E-state index contributed by atoms with van der Waals surface area (Å²) in [6.07, 6.45) is 3.57. The molecule has 0 aromatic heterocycles. The van der Waals surface area contributed by atoms with Crippen LogP contribution in [0.5, 0.6) is 0 Å². The van der Waals surface area contributed by atoms with E-state index in [0.717, 1.165) is 5.56 Å². The van der Waals surface area contributed by atoms with E-state index in [1.165, 1.54) is 24.8 Å². The number of carboxylic acid groups (broad SMARTS) is 1. The predicted octanol–water partition coefficient (Wildman–Crippen LogP) is 3.33. The Morgan fingerprint density at radius 2 is 2.18 bits per heavy atom. The largest absolute Gasteiger partial charge is 0.478 e. The van der Waals surface area contributed by atoms with E-state index in [0.29, 0.717) is 5.75 Å². The first kappa shape index (κ1) is 13.8. The quantitative estimate of drug-likeness (QED) is 0.912. The molecule has 1 N–H and O–H groups in total. The van der Waals surface area contributed by atoms with Gasteiger partial charge in [-0.2, -0.15) is 0 Å². The van der Waals surface area contributed by atoms with Gasteiger partial charge in [0.1, 0.15) is 0 Å². The zero-order valence-electron chi connectivity index (χ0n) is 9.14. The predicted molar refractivity (Wildman–Crippen MR) is 70.6 cm³/mol. The number of carbonyl (C=O) groups excluding carboxylic acids is 1. The highest BCUT2D eigenvalue weighted by Gasteiger charge is 2.07. The Bertz CT molecular complexity index is 469. The molecule has 1 aromatic carbocycles. The Hall–Kier alpha value is -1.26. The second-order valence-electron chi connectivity index (χ2n) is 3.25. The maximum atomic E-state index is 10.8. The number of benzene rings is 1. The Balaban J connectivity index is 2.75. The summed E-state index contributed by atoms with van der Waals surface area (Å²) in [7, 11) is 0. The van der Waals surface area contributed by atoms with Gasteiger partial charge in [0.05, 0.1) is 10.6 Å². The van der Waals surface area contributed by atoms with Gasteiger partial charge >= 0.3 is 5.97 Å². The smallest absolute Gasteiger partial charge is 0.337 e. The molecule has 0 saturated heterocycles. The van der Waals surface area contributed by atoms with Crippen molar-refractivity contribution in [3.05, 3.63) is 40.4 Å². The monoisotopic (exact) mass is 270 g/mol. The molecule has 0 aliphatic carbocycles. The van der Waals surface area contributed by atoms with Crippen LogP contribution in [0.4, 0.5) is 0 Å². The lowest BCUT2D eigenvalue weighted by Crippen LogP contribution is -1.97. The summed E-state index contributed by atoms with van der Waals surface area (Å²) in [5.74, 6) is -0.483. The number of hydrogen-bond donors (Lipinski definition) is 1. The molecule has 0 aliphatic heterocycles. The van der Waals surface area contributed by atoms with Crippen molar-refractivity contribution in [2.24, 2.45) is 0 Å². The third-order valence-electron chi connectivity index (χ3n) is 1.91. The zero-order valence-corrected chi connectivity index (χ0v) is 10.7. The summed E-state index contributed by atoms with van der Waals surface area (Å²) in [5.41, 5.74) is 0.823. The van der Waals surface area contributed by atoms with E-state index >= 15 is 0 Å². The average Bonchev–Trinajstić information content (AvgIpc) is 2.25. The van der Waals surface area contributed by atoms with Gasteiger partial charge in [0.25, 0.3) is 0 Å². The number of rotatable bonds is 4. The van der Waals surface area contributed by atoms with Crippen molar-refractivity contribution in [2.45, 2.75) is 6.92 Å². The van der Waals surface area contributed by atoms with E-state index in [2.05, 4.69) is 0 Å². The summed E-state index contributed by atoms with van der Waals surface area (Å²) in [6.45, 7) is 1.50. The van der Waals surface area contributed by atoms with Crippen LogP contribution < -0.4 is 0 Å². The van der Waals surface area contributed by atoms with E-state index in [-0.39, 0.29) is 15.7 Å². The third kappa shape index (κ3) is 4.63. The molecule has 0 unspecified atom stereocenters. The van der Waals surface area contributed by atoms with Crippen LogP contribution in [0.2, 0.25) is 5.02 Å². The molecule has 0 heterocycles. The first-order chi connectivity index (χ1) is 8.00. The maximum absolute atomic E-state index is 10.8. The minimum atomic E-state index is -1.05. The molecule has 0 aliphatic rings. The number of hydrogen-bond acceptors (Lipinski definition) is 3. The van der Waals surface area contributed by atoms with Gasteiger partial charge in [-0.15, -0.1) is 0 Å². The van der Waals surface area contributed by atoms with Crippen molar-refractivity contribution in [2.75, 3.05) is 5.75 Å². The van der Waals surface area contributed by atoms with Crippen molar-refractivity contribution in [3.63, 3.8) is 0 Å². The summed E-state index contributed by atoms with van der Waals surface area (Å²) in [6, 6.07) is 4.77. The van der Waals surface area contributed by atoms with E-state index < -0.39 is 5.97 Å². The molecule has 0 atom stereocenters. The van der Waals surface area contributed by atoms with Crippen LogP contribution in [0.1, 0.15) is 22.8 Å². The van der Waals surface area contributed by atoms with Gasteiger partial charge in [-0.3, -0.25) is 4.79 Å². The Morgan fingerprint density at radius 1 is 1.47 bits per heavy atom. The molecule has 1 aromatic rings. The summed E-state index contributed by atoms with van der Waals surface area (Å²) in [4.78, 5) is 21.5. The molecular weight excluding hydrogens is 260 g/mol. The number of thioether (sulfide) groups is 1. The fourth-order valence-electron chi connectivity index (χ4n) is 1.16. The highest BCUT2D eigenvalue weighted by Crippen LogP contribution is 2.18. The average molecular weight is 271 g/mol. The molecule has 17 heavy (non-hydrogen) atoms. The molecule has 90 valence electrons. The van der Waals surface area contributed by atoms with Gasteiger partial charge in [-0.1, -0.05) is 41.6 Å². The SMILES string of the molecule is CC(=O)SCC=Cc1ccc(Cl)c(C(=O)O)c1. The molecule has 1 rings (SSSR count). The summed E-state index contributed by atoms with van der Waals surface area (Å²) in [5, 5.41) is 9.15. The lowest BCUT2D eigenvalue weighted by Gasteiger charge is -2.00. The standard InChI is InChI=1S/C12H11ClO3S/c1-8(14)17-6-2-3-9-4-5-11(13)10(7-9)12(15)16/h2-5,7H,6H2,1H3,(H,15,16). The van der Waals surface area contributed by atoms with Crippen LogP contribution in [-0.4, -0.2) is 21.9 Å². The van der Waals surface area contributed by atoms with E-state index in [9.17, 15) is 9.59 Å². The van der Waals surface area contributed by atoms with Crippen LogP contribution >= 0.6 is 23.4 Å². The molecular formula is C12H11ClO3S. The van der Waals surface area contributed by atoms with Crippen LogP contribution in [0, 0.1) is 0 Å². The van der Waals surface area contributed by atoms with Gasteiger partial charge in [-0.25, -0.2) is 4.79 Å². The first-order valence-corrected chi connectivity index (χ1v) is 6.20. The number of carbonyl (C=O) groups is 2. The van der Waals surface area contributed by atoms with Crippen molar-refractivity contribution in [3.8, 4) is 0 Å². The van der Waals surface area contributed by atoms with Gasteiger partial charge in [0, 0.05) is 12.7 Å². The van der Waals surface area contributed by atoms with Crippen molar-refractivity contribution < 1.29 is 14.7 Å².